The van der Waals surface area contributed by atoms with Crippen molar-refractivity contribution in [3.05, 3.63) is 71.4 Å². The quantitative estimate of drug-likeness (QED) is 0.456. The molecule has 0 saturated carbocycles. The highest BCUT2D eigenvalue weighted by molar-refractivity contribution is 5.83. The number of aromatic amines is 1. The van der Waals surface area contributed by atoms with Crippen molar-refractivity contribution in [3.63, 3.8) is 0 Å². The summed E-state index contributed by atoms with van der Waals surface area (Å²) in [4.78, 5) is 3.37. The molecule has 0 fully saturated rings. The molecule has 2 aromatic carbocycles. The van der Waals surface area contributed by atoms with Crippen LogP contribution in [0.2, 0.25) is 0 Å². The summed E-state index contributed by atoms with van der Waals surface area (Å²) in [5, 5.41) is 1.27. The number of hydrogen-bond donors (Lipinski definition) is 3. The Bertz CT molecular complexity index is 889. The van der Waals surface area contributed by atoms with Crippen LogP contribution in [-0.4, -0.2) is 11.5 Å². The second-order valence-corrected chi connectivity index (χ2v) is 7.20. The first-order valence-electron chi connectivity index (χ1n) is 9.41. The summed E-state index contributed by atoms with van der Waals surface area (Å²) in [6, 6.07) is 15.2. The summed E-state index contributed by atoms with van der Waals surface area (Å²) in [5.74, 6) is 0.905. The molecule has 0 aliphatic rings. The van der Waals surface area contributed by atoms with Gasteiger partial charge in [-0.2, -0.15) is 0 Å². The van der Waals surface area contributed by atoms with Gasteiger partial charge in [0.25, 0.3) is 0 Å². The van der Waals surface area contributed by atoms with Crippen LogP contribution in [0.4, 0.5) is 5.69 Å². The Balaban J connectivity index is 1.71. The van der Waals surface area contributed by atoms with Gasteiger partial charge in [-0.3, -0.25) is 0 Å². The summed E-state index contributed by atoms with van der Waals surface area (Å²) in [7, 11) is 0. The maximum atomic E-state index is 3.42. The molecule has 3 aromatic rings. The Hall–Kier alpha value is -2.52. The first-order valence-corrected chi connectivity index (χ1v) is 9.41. The maximum Gasteiger partial charge on any atom is 0.0562 e. The van der Waals surface area contributed by atoms with E-state index in [0.29, 0.717) is 11.8 Å². The van der Waals surface area contributed by atoms with Crippen molar-refractivity contribution >= 4 is 22.7 Å². The van der Waals surface area contributed by atoms with Gasteiger partial charge >= 0.3 is 0 Å². The number of rotatable bonds is 7. The highest BCUT2D eigenvalue weighted by atomic mass is 15.4. The molecule has 0 bridgehead atoms. The molecule has 0 radical (unpaired) electrons. The molecule has 0 spiro atoms. The van der Waals surface area contributed by atoms with Gasteiger partial charge in [-0.15, -0.1) is 0 Å². The Morgan fingerprint density at radius 2 is 1.92 bits per heavy atom. The van der Waals surface area contributed by atoms with Crippen LogP contribution in [0.15, 0.2) is 54.7 Å². The third kappa shape index (κ3) is 4.00. The predicted octanol–water partition coefficient (Wildman–Crippen LogP) is 6.04. The fraction of sp³-hybridized carbons (Fsp3) is 0.304. The van der Waals surface area contributed by atoms with Crippen molar-refractivity contribution in [3.8, 4) is 0 Å². The highest BCUT2D eigenvalue weighted by Crippen LogP contribution is 2.25. The molecule has 1 heterocycles. The lowest BCUT2D eigenvalue weighted by Crippen LogP contribution is -2.26. The van der Waals surface area contributed by atoms with Gasteiger partial charge in [-0.25, -0.2) is 5.43 Å². The third-order valence-electron chi connectivity index (χ3n) is 4.87. The van der Waals surface area contributed by atoms with E-state index in [9.17, 15) is 0 Å². The van der Waals surface area contributed by atoms with Gasteiger partial charge < -0.3 is 10.4 Å². The fourth-order valence-electron chi connectivity index (χ4n) is 3.30. The van der Waals surface area contributed by atoms with Gasteiger partial charge in [0.05, 0.1) is 5.69 Å². The van der Waals surface area contributed by atoms with Gasteiger partial charge in [-0.05, 0) is 53.0 Å². The Kier molecular flexibility index (Phi) is 5.79. The lowest BCUT2D eigenvalue weighted by Gasteiger charge is -2.18. The summed E-state index contributed by atoms with van der Waals surface area (Å²) >= 11 is 0. The third-order valence-corrected chi connectivity index (χ3v) is 4.87. The summed E-state index contributed by atoms with van der Waals surface area (Å²) in [6.07, 6.45) is 6.22. The van der Waals surface area contributed by atoms with Crippen LogP contribution in [0.5, 0.6) is 0 Å². The van der Waals surface area contributed by atoms with Gasteiger partial charge in [0, 0.05) is 18.3 Å². The molecule has 3 nitrogen and oxygen atoms in total. The topological polar surface area (TPSA) is 39.8 Å². The molecule has 26 heavy (non-hydrogen) atoms. The molecule has 1 atom stereocenters. The minimum Gasteiger partial charge on any atom is -0.361 e. The Morgan fingerprint density at radius 1 is 1.08 bits per heavy atom. The van der Waals surface area contributed by atoms with E-state index in [2.05, 4.69) is 91.2 Å². The average Bonchev–Trinajstić information content (AvgIpc) is 3.11. The standard InChI is InChI=1S/C23H29N3/c1-5-7-18-10-11-20(16(2)3)14-22(18)26-25-15-17(4)21-9-6-8-19-12-13-24-23(19)21/h5-14,16-17,24-26H,15H2,1-4H3/b7-5-. The molecule has 3 N–H and O–H groups in total. The number of H-pyrrole nitrogens is 1. The SMILES string of the molecule is C/C=C\c1ccc(C(C)C)cc1NNCC(C)c1cccc2cc[nH]c12. The van der Waals surface area contributed by atoms with Crippen molar-refractivity contribution in [2.45, 2.75) is 39.5 Å². The number of hydrogen-bond acceptors (Lipinski definition) is 2. The Morgan fingerprint density at radius 3 is 2.69 bits per heavy atom. The fourth-order valence-corrected chi connectivity index (χ4v) is 3.30. The van der Waals surface area contributed by atoms with Crippen LogP contribution in [0.25, 0.3) is 17.0 Å². The molecule has 3 rings (SSSR count). The van der Waals surface area contributed by atoms with Crippen LogP contribution in [0.1, 0.15) is 56.2 Å². The van der Waals surface area contributed by atoms with E-state index in [0.717, 1.165) is 12.2 Å². The molecular formula is C23H29N3. The zero-order chi connectivity index (χ0) is 18.5. The number of benzene rings is 2. The van der Waals surface area contributed by atoms with E-state index in [4.69, 9.17) is 0 Å². The van der Waals surface area contributed by atoms with Crippen LogP contribution in [-0.2, 0) is 0 Å². The summed E-state index contributed by atoms with van der Waals surface area (Å²) < 4.78 is 0. The monoisotopic (exact) mass is 347 g/mol. The average molecular weight is 348 g/mol. The number of allylic oxidation sites excluding steroid dienone is 1. The van der Waals surface area contributed by atoms with E-state index >= 15 is 0 Å². The van der Waals surface area contributed by atoms with Gasteiger partial charge in [0.1, 0.15) is 0 Å². The highest BCUT2D eigenvalue weighted by Gasteiger charge is 2.10. The largest absolute Gasteiger partial charge is 0.361 e. The Labute approximate surface area is 156 Å². The lowest BCUT2D eigenvalue weighted by molar-refractivity contribution is 0.674. The smallest absolute Gasteiger partial charge is 0.0562 e. The zero-order valence-corrected chi connectivity index (χ0v) is 16.1. The number of nitrogens with one attached hydrogen (secondary N) is 3. The zero-order valence-electron chi connectivity index (χ0n) is 16.1. The van der Waals surface area contributed by atoms with Crippen molar-refractivity contribution in [2.24, 2.45) is 0 Å². The normalized spacial score (nSPS) is 13.0. The predicted molar refractivity (Wildman–Crippen MR) is 114 cm³/mol. The van der Waals surface area contributed by atoms with Crippen LogP contribution < -0.4 is 10.9 Å². The lowest BCUT2D eigenvalue weighted by atomic mass is 9.99. The van der Waals surface area contributed by atoms with E-state index in [1.165, 1.54) is 27.6 Å². The van der Waals surface area contributed by atoms with Gasteiger partial charge in [-0.1, -0.05) is 63.3 Å². The number of anilines is 1. The first kappa shape index (κ1) is 18.3. The van der Waals surface area contributed by atoms with Crippen molar-refractivity contribution in [1.82, 2.24) is 10.4 Å². The molecule has 1 unspecified atom stereocenters. The van der Waals surface area contributed by atoms with Crippen LogP contribution in [0.3, 0.4) is 0 Å². The second kappa shape index (κ2) is 8.24. The van der Waals surface area contributed by atoms with Crippen LogP contribution >= 0.6 is 0 Å². The van der Waals surface area contributed by atoms with E-state index in [1.54, 1.807) is 0 Å². The molecule has 1 aromatic heterocycles. The number of hydrazine groups is 1. The minimum absolute atomic E-state index is 0.392. The van der Waals surface area contributed by atoms with Crippen molar-refractivity contribution in [1.29, 1.82) is 0 Å². The summed E-state index contributed by atoms with van der Waals surface area (Å²) in [6.45, 7) is 9.59. The van der Waals surface area contributed by atoms with Crippen LogP contribution in [0, 0.1) is 0 Å². The molecule has 0 aliphatic heterocycles. The van der Waals surface area contributed by atoms with E-state index in [1.807, 2.05) is 13.1 Å². The molecule has 3 heteroatoms. The number of aromatic nitrogens is 1. The van der Waals surface area contributed by atoms with E-state index < -0.39 is 0 Å². The van der Waals surface area contributed by atoms with Crippen molar-refractivity contribution in [2.75, 3.05) is 12.0 Å². The maximum absolute atomic E-state index is 3.42. The minimum atomic E-state index is 0.392. The van der Waals surface area contributed by atoms with Gasteiger partial charge in [0.15, 0.2) is 0 Å². The summed E-state index contributed by atoms with van der Waals surface area (Å²) in [5.41, 5.74) is 13.1. The molecule has 0 aliphatic carbocycles. The van der Waals surface area contributed by atoms with Gasteiger partial charge in [0.2, 0.25) is 0 Å². The molecule has 0 amide bonds. The first-order chi connectivity index (χ1) is 12.6. The molecule has 136 valence electrons. The molecule has 0 saturated heterocycles. The number of para-hydroxylation sites is 1. The second-order valence-electron chi connectivity index (χ2n) is 7.20. The number of fused-ring (bicyclic) bond motifs is 1. The van der Waals surface area contributed by atoms with E-state index in [-0.39, 0.29) is 0 Å². The molecular weight excluding hydrogens is 318 g/mol. The van der Waals surface area contributed by atoms with Crippen molar-refractivity contribution < 1.29 is 0 Å².